The lowest BCUT2D eigenvalue weighted by molar-refractivity contribution is 0.0999. The van der Waals surface area contributed by atoms with Crippen LogP contribution in [0, 0.1) is 0 Å². The highest BCUT2D eigenvalue weighted by molar-refractivity contribution is 6.31. The van der Waals surface area contributed by atoms with Crippen LogP contribution in [0.3, 0.4) is 0 Å². The van der Waals surface area contributed by atoms with Crippen LogP contribution in [0.15, 0.2) is 71.7 Å². The molecule has 1 aromatic heterocycles. The number of benzene rings is 3. The first-order chi connectivity index (χ1) is 17.3. The number of aromatic nitrogens is 1. The first-order valence-electron chi connectivity index (χ1n) is 10.7. The number of ether oxygens (including phenoxy) is 3. The second-order valence-electron chi connectivity index (χ2n) is 7.60. The number of nitrogens with one attached hydrogen (secondary N) is 2. The maximum absolute atomic E-state index is 13.3. The van der Waals surface area contributed by atoms with Gasteiger partial charge in [0.1, 0.15) is 17.2 Å². The lowest BCUT2D eigenvalue weighted by Gasteiger charge is -2.15. The number of rotatable bonds is 7. The third-order valence-corrected chi connectivity index (χ3v) is 5.65. The van der Waals surface area contributed by atoms with Crippen molar-refractivity contribution in [3.63, 3.8) is 0 Å². The molecule has 0 aliphatic rings. The molecule has 0 aliphatic carbocycles. The van der Waals surface area contributed by atoms with Crippen molar-refractivity contribution in [2.24, 2.45) is 0 Å². The van der Waals surface area contributed by atoms with Crippen LogP contribution in [0.25, 0.3) is 10.8 Å². The molecule has 3 aromatic carbocycles. The molecule has 0 spiro atoms. The van der Waals surface area contributed by atoms with Crippen LogP contribution in [-0.4, -0.2) is 37.8 Å². The van der Waals surface area contributed by atoms with E-state index in [4.69, 9.17) is 25.8 Å². The summed E-state index contributed by atoms with van der Waals surface area (Å²) in [5.41, 5.74) is 2.73. The summed E-state index contributed by atoms with van der Waals surface area (Å²) in [6, 6.07) is 16.0. The monoisotopic (exact) mass is 507 g/mol. The van der Waals surface area contributed by atoms with E-state index in [1.807, 2.05) is 0 Å². The number of carbonyl (C=O) groups is 2. The van der Waals surface area contributed by atoms with Crippen LogP contribution < -0.4 is 30.5 Å². The summed E-state index contributed by atoms with van der Waals surface area (Å²) in [6.07, 6.45) is 1.27. The number of halogens is 1. The Balaban J connectivity index is 1.75. The molecule has 0 radical (unpaired) electrons. The highest BCUT2D eigenvalue weighted by Gasteiger charge is 2.18. The number of amides is 2. The van der Waals surface area contributed by atoms with Gasteiger partial charge in [-0.3, -0.25) is 19.8 Å². The molecule has 10 heteroatoms. The van der Waals surface area contributed by atoms with Crippen molar-refractivity contribution >= 4 is 39.9 Å². The van der Waals surface area contributed by atoms with Gasteiger partial charge in [-0.1, -0.05) is 29.8 Å². The molecule has 0 aliphatic heterocycles. The molecule has 9 nitrogen and oxygen atoms in total. The molecule has 4 rings (SSSR count). The second kappa shape index (κ2) is 10.4. The quantitative estimate of drug-likeness (QED) is 0.386. The van der Waals surface area contributed by atoms with Crippen molar-refractivity contribution in [3.05, 3.63) is 93.4 Å². The van der Waals surface area contributed by atoms with E-state index in [-0.39, 0.29) is 16.5 Å². The number of methoxy groups -OCH3 is 3. The van der Waals surface area contributed by atoms with Crippen molar-refractivity contribution in [1.82, 2.24) is 4.68 Å². The Morgan fingerprint density at radius 1 is 0.833 bits per heavy atom. The number of hydrogen-bond acceptors (Lipinski definition) is 6. The standard InChI is InChI=1S/C26H22ClN3O6/c1-34-17-10-15(11-18(13-17)35-2)24(31)29-30-14-21(19-6-4-5-7-20(19)26(30)33)25(32)28-22-12-16(27)8-9-23(22)36-3/h4-14H,1-3H3,(H,28,32)(H,29,31). The van der Waals surface area contributed by atoms with Gasteiger partial charge in [0.25, 0.3) is 17.4 Å². The van der Waals surface area contributed by atoms with Gasteiger partial charge in [0.05, 0.1) is 32.6 Å². The molecular weight excluding hydrogens is 486 g/mol. The highest BCUT2D eigenvalue weighted by atomic mass is 35.5. The van der Waals surface area contributed by atoms with Crippen molar-refractivity contribution in [3.8, 4) is 17.2 Å². The van der Waals surface area contributed by atoms with Crippen LogP contribution in [0.4, 0.5) is 5.69 Å². The van der Waals surface area contributed by atoms with Crippen molar-refractivity contribution in [2.75, 3.05) is 32.1 Å². The maximum Gasteiger partial charge on any atom is 0.277 e. The van der Waals surface area contributed by atoms with Crippen LogP contribution in [0.5, 0.6) is 17.2 Å². The number of nitrogens with zero attached hydrogens (tertiary/aromatic N) is 1. The van der Waals surface area contributed by atoms with Crippen molar-refractivity contribution in [1.29, 1.82) is 0 Å². The number of fused-ring (bicyclic) bond motifs is 1. The summed E-state index contributed by atoms with van der Waals surface area (Å²) >= 11 is 6.09. The molecule has 2 amide bonds. The van der Waals surface area contributed by atoms with E-state index in [1.54, 1.807) is 48.5 Å². The number of anilines is 1. The summed E-state index contributed by atoms with van der Waals surface area (Å²) in [6.45, 7) is 0. The molecule has 4 aromatic rings. The van der Waals surface area contributed by atoms with Crippen LogP contribution in [0.1, 0.15) is 20.7 Å². The molecule has 0 saturated heterocycles. The average Bonchev–Trinajstić information content (AvgIpc) is 2.89. The molecular formula is C26H22ClN3O6. The summed E-state index contributed by atoms with van der Waals surface area (Å²) in [5, 5.41) is 3.82. The third kappa shape index (κ3) is 4.96. The predicted octanol–water partition coefficient (Wildman–Crippen LogP) is 4.32. The van der Waals surface area contributed by atoms with Gasteiger partial charge in [-0.25, -0.2) is 4.68 Å². The Labute approximate surface area is 211 Å². The van der Waals surface area contributed by atoms with Crippen molar-refractivity contribution in [2.45, 2.75) is 0 Å². The summed E-state index contributed by atoms with van der Waals surface area (Å²) < 4.78 is 16.7. The largest absolute Gasteiger partial charge is 0.497 e. The molecule has 36 heavy (non-hydrogen) atoms. The van der Waals surface area contributed by atoms with Gasteiger partial charge in [-0.2, -0.15) is 0 Å². The number of pyridine rings is 1. The van der Waals surface area contributed by atoms with Crippen molar-refractivity contribution < 1.29 is 23.8 Å². The lowest BCUT2D eigenvalue weighted by atomic mass is 10.1. The molecule has 0 bridgehead atoms. The van der Waals surface area contributed by atoms with E-state index in [0.29, 0.717) is 33.3 Å². The molecule has 0 saturated carbocycles. The molecule has 0 atom stereocenters. The average molecular weight is 508 g/mol. The number of carbonyl (C=O) groups excluding carboxylic acids is 2. The second-order valence-corrected chi connectivity index (χ2v) is 8.04. The first kappa shape index (κ1) is 24.6. The smallest absolute Gasteiger partial charge is 0.277 e. The van der Waals surface area contributed by atoms with E-state index in [9.17, 15) is 14.4 Å². The van der Waals surface area contributed by atoms with Crippen LogP contribution in [-0.2, 0) is 0 Å². The normalized spacial score (nSPS) is 10.6. The zero-order valence-electron chi connectivity index (χ0n) is 19.6. The fourth-order valence-corrected chi connectivity index (χ4v) is 3.81. The van der Waals surface area contributed by atoms with E-state index in [2.05, 4.69) is 10.7 Å². The van der Waals surface area contributed by atoms with E-state index < -0.39 is 17.4 Å². The van der Waals surface area contributed by atoms with Crippen LogP contribution >= 0.6 is 11.6 Å². The van der Waals surface area contributed by atoms with Gasteiger partial charge in [-0.15, -0.1) is 0 Å². The number of hydrogen-bond donors (Lipinski definition) is 2. The lowest BCUT2D eigenvalue weighted by Crippen LogP contribution is -2.34. The van der Waals surface area contributed by atoms with E-state index in [1.165, 1.54) is 39.7 Å². The van der Waals surface area contributed by atoms with Gasteiger partial charge in [-0.05, 0) is 36.4 Å². The SMILES string of the molecule is COc1cc(OC)cc(C(=O)Nn2cc(C(=O)Nc3cc(Cl)ccc3OC)c3ccccc3c2=O)c1. The predicted molar refractivity (Wildman–Crippen MR) is 137 cm³/mol. The van der Waals surface area contributed by atoms with E-state index >= 15 is 0 Å². The molecule has 184 valence electrons. The van der Waals surface area contributed by atoms with Gasteiger partial charge in [0.15, 0.2) is 0 Å². The minimum atomic E-state index is -0.604. The fourth-order valence-electron chi connectivity index (χ4n) is 3.64. The zero-order valence-corrected chi connectivity index (χ0v) is 20.4. The Morgan fingerprint density at radius 2 is 1.50 bits per heavy atom. The molecule has 2 N–H and O–H groups in total. The molecule has 1 heterocycles. The van der Waals surface area contributed by atoms with Gasteiger partial charge in [0, 0.05) is 33.6 Å². The van der Waals surface area contributed by atoms with Gasteiger partial charge in [0.2, 0.25) is 0 Å². The summed E-state index contributed by atoms with van der Waals surface area (Å²) in [7, 11) is 4.39. The van der Waals surface area contributed by atoms with Gasteiger partial charge >= 0.3 is 0 Å². The Morgan fingerprint density at radius 3 is 2.14 bits per heavy atom. The minimum Gasteiger partial charge on any atom is -0.497 e. The topological polar surface area (TPSA) is 108 Å². The maximum atomic E-state index is 13.3. The summed E-state index contributed by atoms with van der Waals surface area (Å²) in [5.74, 6) is 0.0812. The van der Waals surface area contributed by atoms with Crippen LogP contribution in [0.2, 0.25) is 5.02 Å². The molecule has 0 fully saturated rings. The first-order valence-corrected chi connectivity index (χ1v) is 11.1. The Kier molecular flexibility index (Phi) is 7.12. The fraction of sp³-hybridized carbons (Fsp3) is 0.115. The zero-order chi connectivity index (χ0) is 25.8. The third-order valence-electron chi connectivity index (χ3n) is 5.41. The summed E-state index contributed by atoms with van der Waals surface area (Å²) in [4.78, 5) is 39.5. The van der Waals surface area contributed by atoms with E-state index in [0.717, 1.165) is 4.68 Å². The Hall–Kier alpha value is -4.50. The molecule has 0 unspecified atom stereocenters. The minimum absolute atomic E-state index is 0.149. The Bertz CT molecular complexity index is 1510. The highest BCUT2D eigenvalue weighted by Crippen LogP contribution is 2.29. The van der Waals surface area contributed by atoms with Gasteiger partial charge < -0.3 is 19.5 Å².